The van der Waals surface area contributed by atoms with Gasteiger partial charge in [-0.05, 0) is 17.2 Å². The molecule has 1 amide bonds. The van der Waals surface area contributed by atoms with Gasteiger partial charge in [0.2, 0.25) is 5.56 Å². The Morgan fingerprint density at radius 2 is 1.95 bits per heavy atom. The maximum absolute atomic E-state index is 12.3. The van der Waals surface area contributed by atoms with Gasteiger partial charge in [-0.2, -0.15) is 0 Å². The number of rotatable bonds is 2. The smallest absolute Gasteiger partial charge is 0.253 e. The van der Waals surface area contributed by atoms with Crippen molar-refractivity contribution in [2.75, 3.05) is 0 Å². The first kappa shape index (κ1) is 13.6. The van der Waals surface area contributed by atoms with E-state index in [9.17, 15) is 14.7 Å². The van der Waals surface area contributed by atoms with Crippen molar-refractivity contribution in [2.45, 2.75) is 18.6 Å². The van der Waals surface area contributed by atoms with Crippen LogP contribution in [0, 0.1) is 0 Å². The summed E-state index contributed by atoms with van der Waals surface area (Å²) < 4.78 is 1.37. The van der Waals surface area contributed by atoms with Crippen molar-refractivity contribution in [1.82, 2.24) is 9.88 Å². The van der Waals surface area contributed by atoms with Crippen LogP contribution in [0.4, 0.5) is 0 Å². The molecule has 2 unspecified atom stereocenters. The Hall–Kier alpha value is -2.40. The number of benzene rings is 1. The number of fused-ring (bicyclic) bond motifs is 1. The maximum Gasteiger partial charge on any atom is 0.253 e. The molecule has 21 heavy (non-hydrogen) atoms. The summed E-state index contributed by atoms with van der Waals surface area (Å²) in [6.07, 6.45) is 1.43. The number of aliphatic hydroxyl groups excluding tert-OH is 1. The Morgan fingerprint density at radius 3 is 2.67 bits per heavy atom. The van der Waals surface area contributed by atoms with Gasteiger partial charge in [0.05, 0.1) is 17.7 Å². The summed E-state index contributed by atoms with van der Waals surface area (Å²) in [5.41, 5.74) is 2.08. The molecule has 0 radical (unpaired) electrons. The molecule has 0 saturated carbocycles. The quantitative estimate of drug-likeness (QED) is 0.873. The van der Waals surface area contributed by atoms with Crippen LogP contribution in [0.3, 0.4) is 0 Å². The van der Waals surface area contributed by atoms with Crippen LogP contribution in [-0.4, -0.2) is 15.6 Å². The van der Waals surface area contributed by atoms with Crippen molar-refractivity contribution in [3.63, 3.8) is 0 Å². The van der Waals surface area contributed by atoms with Gasteiger partial charge in [-0.25, -0.2) is 0 Å². The molecule has 0 saturated heterocycles. The SMILES string of the molecule is Cn1cc(C(=O)NC2CC(O)c3ccccc32)ccc1=O. The minimum absolute atomic E-state index is 0.159. The lowest BCUT2D eigenvalue weighted by Crippen LogP contribution is -2.28. The molecule has 2 aromatic rings. The summed E-state index contributed by atoms with van der Waals surface area (Å²) in [6.45, 7) is 0. The fourth-order valence-corrected chi connectivity index (χ4v) is 2.72. The monoisotopic (exact) mass is 284 g/mol. The Morgan fingerprint density at radius 1 is 1.24 bits per heavy atom. The van der Waals surface area contributed by atoms with Gasteiger partial charge < -0.3 is 15.0 Å². The molecule has 5 heteroatoms. The molecule has 1 aliphatic carbocycles. The Labute approximate surface area is 121 Å². The summed E-state index contributed by atoms with van der Waals surface area (Å²) in [7, 11) is 1.60. The van der Waals surface area contributed by atoms with E-state index >= 15 is 0 Å². The third kappa shape index (κ3) is 2.48. The van der Waals surface area contributed by atoms with Gasteiger partial charge in [-0.1, -0.05) is 24.3 Å². The zero-order valence-corrected chi connectivity index (χ0v) is 11.6. The standard InChI is InChI=1S/C16H16N2O3/c1-18-9-10(6-7-15(18)20)16(21)17-13-8-14(19)12-5-3-2-4-11(12)13/h2-7,9,13-14,19H,8H2,1H3,(H,17,21). The summed E-state index contributed by atoms with van der Waals surface area (Å²) in [5.74, 6) is -0.250. The van der Waals surface area contributed by atoms with E-state index in [4.69, 9.17) is 0 Å². The highest BCUT2D eigenvalue weighted by Gasteiger charge is 2.30. The summed E-state index contributed by atoms with van der Waals surface area (Å²) >= 11 is 0. The number of pyridine rings is 1. The number of nitrogens with zero attached hydrogens (tertiary/aromatic N) is 1. The number of amides is 1. The number of aliphatic hydroxyl groups is 1. The van der Waals surface area contributed by atoms with Gasteiger partial charge in [0.15, 0.2) is 0 Å². The fraction of sp³-hybridized carbons (Fsp3) is 0.250. The van der Waals surface area contributed by atoms with Gasteiger partial charge in [0, 0.05) is 25.7 Å². The zero-order chi connectivity index (χ0) is 15.0. The number of carbonyl (C=O) groups excluding carboxylic acids is 1. The zero-order valence-electron chi connectivity index (χ0n) is 11.6. The predicted octanol–water partition coefficient (Wildman–Crippen LogP) is 1.29. The molecule has 1 aromatic carbocycles. The average Bonchev–Trinajstić information content (AvgIpc) is 2.79. The van der Waals surface area contributed by atoms with E-state index in [1.54, 1.807) is 7.05 Å². The van der Waals surface area contributed by atoms with Crippen LogP contribution in [0.1, 0.15) is 40.1 Å². The van der Waals surface area contributed by atoms with Crippen LogP contribution in [0.5, 0.6) is 0 Å². The van der Waals surface area contributed by atoms with Crippen LogP contribution in [0.2, 0.25) is 0 Å². The molecule has 0 aliphatic heterocycles. The Balaban J connectivity index is 1.83. The third-order valence-corrected chi connectivity index (χ3v) is 3.84. The fourth-order valence-electron chi connectivity index (χ4n) is 2.72. The van der Waals surface area contributed by atoms with Crippen molar-refractivity contribution in [3.05, 3.63) is 69.6 Å². The lowest BCUT2D eigenvalue weighted by molar-refractivity contribution is 0.0923. The van der Waals surface area contributed by atoms with Crippen LogP contribution in [0.15, 0.2) is 47.4 Å². The topological polar surface area (TPSA) is 71.3 Å². The van der Waals surface area contributed by atoms with Crippen LogP contribution in [-0.2, 0) is 7.05 Å². The average molecular weight is 284 g/mol. The van der Waals surface area contributed by atoms with E-state index in [1.807, 2.05) is 24.3 Å². The maximum atomic E-state index is 12.3. The second-order valence-corrected chi connectivity index (χ2v) is 5.27. The first-order chi connectivity index (χ1) is 10.1. The molecule has 108 valence electrons. The van der Waals surface area contributed by atoms with Crippen molar-refractivity contribution in [3.8, 4) is 0 Å². The van der Waals surface area contributed by atoms with Gasteiger partial charge in [-0.3, -0.25) is 9.59 Å². The van der Waals surface area contributed by atoms with Crippen molar-refractivity contribution < 1.29 is 9.90 Å². The van der Waals surface area contributed by atoms with Gasteiger partial charge in [-0.15, -0.1) is 0 Å². The molecular weight excluding hydrogens is 268 g/mol. The van der Waals surface area contributed by atoms with Crippen LogP contribution < -0.4 is 10.9 Å². The number of nitrogens with one attached hydrogen (secondary N) is 1. The molecule has 2 atom stereocenters. The predicted molar refractivity (Wildman–Crippen MR) is 77.9 cm³/mol. The lowest BCUT2D eigenvalue weighted by atomic mass is 10.1. The van der Waals surface area contributed by atoms with Gasteiger partial charge in [0.1, 0.15) is 0 Å². The van der Waals surface area contributed by atoms with Crippen LogP contribution >= 0.6 is 0 Å². The van der Waals surface area contributed by atoms with Crippen LogP contribution in [0.25, 0.3) is 0 Å². The van der Waals surface area contributed by atoms with Crippen molar-refractivity contribution >= 4 is 5.91 Å². The van der Waals surface area contributed by atoms with Crippen molar-refractivity contribution in [1.29, 1.82) is 0 Å². The van der Waals surface area contributed by atoms with E-state index in [0.717, 1.165) is 11.1 Å². The molecule has 0 fully saturated rings. The molecule has 5 nitrogen and oxygen atoms in total. The normalized spacial score (nSPS) is 20.1. The number of carbonyl (C=O) groups is 1. The highest BCUT2D eigenvalue weighted by Crippen LogP contribution is 2.38. The second kappa shape index (κ2) is 5.18. The lowest BCUT2D eigenvalue weighted by Gasteiger charge is -2.14. The second-order valence-electron chi connectivity index (χ2n) is 5.27. The first-order valence-electron chi connectivity index (χ1n) is 6.80. The Kier molecular flexibility index (Phi) is 3.35. The third-order valence-electron chi connectivity index (χ3n) is 3.84. The van der Waals surface area contributed by atoms with Gasteiger partial charge >= 0.3 is 0 Å². The van der Waals surface area contributed by atoms with E-state index in [0.29, 0.717) is 12.0 Å². The highest BCUT2D eigenvalue weighted by atomic mass is 16.3. The molecule has 1 aromatic heterocycles. The van der Waals surface area contributed by atoms with E-state index in [1.165, 1.54) is 22.9 Å². The highest BCUT2D eigenvalue weighted by molar-refractivity contribution is 5.94. The number of hydrogen-bond donors (Lipinski definition) is 2. The number of aryl methyl sites for hydroxylation is 1. The minimum Gasteiger partial charge on any atom is -0.388 e. The summed E-state index contributed by atoms with van der Waals surface area (Å²) in [4.78, 5) is 23.6. The molecule has 0 bridgehead atoms. The number of aromatic nitrogens is 1. The minimum atomic E-state index is -0.549. The van der Waals surface area contributed by atoms with E-state index in [-0.39, 0.29) is 17.5 Å². The molecule has 3 rings (SSSR count). The van der Waals surface area contributed by atoms with E-state index in [2.05, 4.69) is 5.32 Å². The Bertz CT molecular complexity index is 751. The van der Waals surface area contributed by atoms with Gasteiger partial charge in [0.25, 0.3) is 5.91 Å². The molecule has 1 aliphatic rings. The summed E-state index contributed by atoms with van der Waals surface area (Å²) in [5, 5.41) is 12.9. The largest absolute Gasteiger partial charge is 0.388 e. The molecular formula is C16H16N2O3. The molecule has 1 heterocycles. The molecule has 0 spiro atoms. The first-order valence-corrected chi connectivity index (χ1v) is 6.80. The summed E-state index contributed by atoms with van der Waals surface area (Å²) in [6, 6.07) is 10.2. The molecule has 2 N–H and O–H groups in total. The van der Waals surface area contributed by atoms with E-state index < -0.39 is 6.10 Å². The van der Waals surface area contributed by atoms with Crippen molar-refractivity contribution in [2.24, 2.45) is 7.05 Å². The number of hydrogen-bond acceptors (Lipinski definition) is 3.